The molecule has 0 aromatic carbocycles. The van der Waals surface area contributed by atoms with Crippen molar-refractivity contribution >= 4 is 23.3 Å². The van der Waals surface area contributed by atoms with E-state index in [-0.39, 0.29) is 23.5 Å². The van der Waals surface area contributed by atoms with Crippen LogP contribution in [0.5, 0.6) is 0 Å². The number of hydrogen-bond acceptors (Lipinski definition) is 5. The molecule has 1 aromatic rings. The van der Waals surface area contributed by atoms with E-state index in [4.69, 9.17) is 16.3 Å². The molecular formula is C16H22ClF3N4O2. The summed E-state index contributed by atoms with van der Waals surface area (Å²) in [5.41, 5.74) is -0.869. The zero-order chi connectivity index (χ0) is 19.3. The van der Waals surface area contributed by atoms with Crippen molar-refractivity contribution in [2.75, 3.05) is 51.3 Å². The molecule has 1 amide bonds. The number of anilines is 1. The lowest BCUT2D eigenvalue weighted by Gasteiger charge is -2.35. The maximum Gasteiger partial charge on any atom is 0.417 e. The standard InChI is InChI=1S/C16H22ClF3N4O2/c1-11(10-26-2)22-14(25)9-23-3-5-24(6-4-23)15-13(17)7-12(8-21-15)16(18,19)20/h7-8,11H,3-6,9-10H2,1-2H3,(H,22,25). The van der Waals surface area contributed by atoms with Crippen LogP contribution < -0.4 is 10.2 Å². The molecule has 1 aromatic heterocycles. The van der Waals surface area contributed by atoms with Crippen LogP contribution in [0.25, 0.3) is 0 Å². The molecule has 2 rings (SSSR count). The van der Waals surface area contributed by atoms with Gasteiger partial charge in [-0.1, -0.05) is 11.6 Å². The van der Waals surface area contributed by atoms with Gasteiger partial charge in [0.15, 0.2) is 0 Å². The van der Waals surface area contributed by atoms with Crippen molar-refractivity contribution in [1.29, 1.82) is 0 Å². The number of carbonyl (C=O) groups excluding carboxylic acids is 1. The lowest BCUT2D eigenvalue weighted by Crippen LogP contribution is -2.51. The van der Waals surface area contributed by atoms with Gasteiger partial charge in [0, 0.05) is 45.5 Å². The van der Waals surface area contributed by atoms with Gasteiger partial charge in [0.1, 0.15) is 5.82 Å². The van der Waals surface area contributed by atoms with Crippen molar-refractivity contribution in [3.8, 4) is 0 Å². The monoisotopic (exact) mass is 394 g/mol. The highest BCUT2D eigenvalue weighted by Gasteiger charge is 2.32. The van der Waals surface area contributed by atoms with Crippen LogP contribution in [0.4, 0.5) is 19.0 Å². The van der Waals surface area contributed by atoms with Crippen molar-refractivity contribution in [3.63, 3.8) is 0 Å². The van der Waals surface area contributed by atoms with Gasteiger partial charge in [-0.25, -0.2) is 4.98 Å². The largest absolute Gasteiger partial charge is 0.417 e. The van der Waals surface area contributed by atoms with Crippen LogP contribution in [0.3, 0.4) is 0 Å². The molecule has 1 saturated heterocycles. The van der Waals surface area contributed by atoms with Crippen molar-refractivity contribution in [2.45, 2.75) is 19.1 Å². The molecular weight excluding hydrogens is 373 g/mol. The molecule has 1 N–H and O–H groups in total. The van der Waals surface area contributed by atoms with Crippen molar-refractivity contribution in [2.24, 2.45) is 0 Å². The molecule has 0 bridgehead atoms. The van der Waals surface area contributed by atoms with E-state index in [1.165, 1.54) is 0 Å². The number of halogens is 4. The van der Waals surface area contributed by atoms with Crippen LogP contribution in [0.1, 0.15) is 12.5 Å². The van der Waals surface area contributed by atoms with Crippen LogP contribution in [0.2, 0.25) is 5.02 Å². The number of carbonyl (C=O) groups is 1. The second kappa shape index (κ2) is 8.88. The third kappa shape index (κ3) is 5.72. The second-order valence-electron chi connectivity index (χ2n) is 6.21. The normalized spacial score (nSPS) is 17.2. The maximum absolute atomic E-state index is 12.7. The van der Waals surface area contributed by atoms with Crippen molar-refractivity contribution in [1.82, 2.24) is 15.2 Å². The predicted octanol–water partition coefficient (Wildman–Crippen LogP) is 2.03. The Hall–Kier alpha value is -1.58. The zero-order valence-electron chi connectivity index (χ0n) is 14.6. The van der Waals surface area contributed by atoms with E-state index in [1.807, 2.05) is 16.7 Å². The third-order valence-electron chi connectivity index (χ3n) is 4.01. The van der Waals surface area contributed by atoms with Crippen LogP contribution in [-0.2, 0) is 15.7 Å². The highest BCUT2D eigenvalue weighted by Crippen LogP contribution is 2.33. The van der Waals surface area contributed by atoms with Crippen molar-refractivity contribution < 1.29 is 22.7 Å². The summed E-state index contributed by atoms with van der Waals surface area (Å²) in [5.74, 6) is 0.242. The topological polar surface area (TPSA) is 57.7 Å². The minimum absolute atomic E-state index is 0.0283. The van der Waals surface area contributed by atoms with E-state index in [2.05, 4.69) is 10.3 Å². The molecule has 1 aliphatic heterocycles. The first kappa shape index (κ1) is 20.7. The molecule has 1 aliphatic rings. The minimum atomic E-state index is -4.47. The van der Waals surface area contributed by atoms with Gasteiger partial charge in [-0.2, -0.15) is 13.2 Å². The van der Waals surface area contributed by atoms with Gasteiger partial charge in [-0.05, 0) is 13.0 Å². The highest BCUT2D eigenvalue weighted by atomic mass is 35.5. The maximum atomic E-state index is 12.7. The number of nitrogens with zero attached hydrogens (tertiary/aromatic N) is 3. The van der Waals surface area contributed by atoms with Gasteiger partial charge in [0.05, 0.1) is 23.7 Å². The molecule has 1 fully saturated rings. The number of rotatable bonds is 6. The lowest BCUT2D eigenvalue weighted by molar-refractivity contribution is -0.137. The minimum Gasteiger partial charge on any atom is -0.383 e. The molecule has 10 heteroatoms. The fourth-order valence-corrected chi connectivity index (χ4v) is 3.04. The number of aromatic nitrogens is 1. The number of piperazine rings is 1. The zero-order valence-corrected chi connectivity index (χ0v) is 15.4. The summed E-state index contributed by atoms with van der Waals surface area (Å²) in [7, 11) is 1.57. The average molecular weight is 395 g/mol. The second-order valence-corrected chi connectivity index (χ2v) is 6.62. The Morgan fingerprint density at radius 1 is 1.38 bits per heavy atom. The highest BCUT2D eigenvalue weighted by molar-refractivity contribution is 6.33. The Morgan fingerprint density at radius 2 is 2.04 bits per heavy atom. The van der Waals surface area contributed by atoms with Gasteiger partial charge in [0.25, 0.3) is 0 Å². The molecule has 146 valence electrons. The first-order valence-electron chi connectivity index (χ1n) is 8.19. The summed E-state index contributed by atoms with van der Waals surface area (Å²) >= 11 is 5.98. The average Bonchev–Trinajstić information content (AvgIpc) is 2.55. The fourth-order valence-electron chi connectivity index (χ4n) is 2.75. The number of hydrogen-bond donors (Lipinski definition) is 1. The number of ether oxygens (including phenoxy) is 1. The Kier molecular flexibility index (Phi) is 7.08. The molecule has 0 radical (unpaired) electrons. The summed E-state index contributed by atoms with van der Waals surface area (Å²) in [5, 5.41) is 2.81. The van der Waals surface area contributed by atoms with E-state index in [0.717, 1.165) is 12.3 Å². The van der Waals surface area contributed by atoms with Gasteiger partial charge in [-0.15, -0.1) is 0 Å². The van der Waals surface area contributed by atoms with E-state index < -0.39 is 11.7 Å². The summed E-state index contributed by atoms with van der Waals surface area (Å²) in [6.45, 7) is 4.79. The SMILES string of the molecule is COCC(C)NC(=O)CN1CCN(c2ncc(C(F)(F)F)cc2Cl)CC1. The molecule has 0 aliphatic carbocycles. The Bertz CT molecular complexity index is 622. The number of nitrogens with one attached hydrogen (secondary N) is 1. The lowest BCUT2D eigenvalue weighted by atomic mass is 10.2. The molecule has 2 heterocycles. The fraction of sp³-hybridized carbons (Fsp3) is 0.625. The van der Waals surface area contributed by atoms with Crippen LogP contribution >= 0.6 is 11.6 Å². The number of amides is 1. The Balaban J connectivity index is 1.87. The van der Waals surface area contributed by atoms with Crippen LogP contribution in [0.15, 0.2) is 12.3 Å². The number of alkyl halides is 3. The summed E-state index contributed by atoms with van der Waals surface area (Å²) < 4.78 is 43.0. The van der Waals surface area contributed by atoms with E-state index in [9.17, 15) is 18.0 Å². The summed E-state index contributed by atoms with van der Waals surface area (Å²) in [6, 6.07) is 0.824. The summed E-state index contributed by atoms with van der Waals surface area (Å²) in [4.78, 5) is 19.6. The van der Waals surface area contributed by atoms with Gasteiger partial charge >= 0.3 is 6.18 Å². The first-order valence-corrected chi connectivity index (χ1v) is 8.57. The number of pyridine rings is 1. The van der Waals surface area contributed by atoms with Gasteiger partial charge < -0.3 is 15.0 Å². The van der Waals surface area contributed by atoms with Crippen molar-refractivity contribution in [3.05, 3.63) is 22.8 Å². The quantitative estimate of drug-likeness (QED) is 0.800. The first-order chi connectivity index (χ1) is 12.2. The molecule has 26 heavy (non-hydrogen) atoms. The molecule has 0 spiro atoms. The molecule has 0 saturated carbocycles. The van der Waals surface area contributed by atoms with E-state index in [1.54, 1.807) is 7.11 Å². The summed E-state index contributed by atoms with van der Waals surface area (Å²) in [6.07, 6.45) is -3.68. The molecule has 1 unspecified atom stereocenters. The van der Waals surface area contributed by atoms with Gasteiger partial charge in [0.2, 0.25) is 5.91 Å². The van der Waals surface area contributed by atoms with Gasteiger partial charge in [-0.3, -0.25) is 9.69 Å². The Morgan fingerprint density at radius 3 is 2.58 bits per heavy atom. The van der Waals surface area contributed by atoms with E-state index >= 15 is 0 Å². The van der Waals surface area contributed by atoms with Crippen LogP contribution in [0, 0.1) is 0 Å². The van der Waals surface area contributed by atoms with E-state index in [0.29, 0.717) is 38.6 Å². The number of methoxy groups -OCH3 is 1. The molecule has 1 atom stereocenters. The smallest absolute Gasteiger partial charge is 0.383 e. The molecule has 6 nitrogen and oxygen atoms in total. The third-order valence-corrected chi connectivity index (χ3v) is 4.29. The predicted molar refractivity (Wildman–Crippen MR) is 92.4 cm³/mol. The van der Waals surface area contributed by atoms with Crippen LogP contribution in [-0.4, -0.2) is 68.3 Å². The Labute approximate surface area is 155 Å².